The van der Waals surface area contributed by atoms with Gasteiger partial charge in [0.1, 0.15) is 5.82 Å². The molecule has 1 unspecified atom stereocenters. The van der Waals surface area contributed by atoms with Gasteiger partial charge in [-0.05, 0) is 38.0 Å². The van der Waals surface area contributed by atoms with Gasteiger partial charge < -0.3 is 10.3 Å². The second-order valence-electron chi connectivity index (χ2n) is 5.75. The van der Waals surface area contributed by atoms with Crippen molar-refractivity contribution in [1.82, 2.24) is 9.97 Å². The van der Waals surface area contributed by atoms with E-state index in [9.17, 15) is 18.0 Å². The summed E-state index contributed by atoms with van der Waals surface area (Å²) >= 11 is 0. The van der Waals surface area contributed by atoms with Crippen LogP contribution in [0.15, 0.2) is 24.3 Å². The molecule has 1 amide bonds. The molecule has 0 radical (unpaired) electrons. The van der Waals surface area contributed by atoms with Gasteiger partial charge in [0, 0.05) is 23.7 Å². The van der Waals surface area contributed by atoms with Crippen LogP contribution in [-0.4, -0.2) is 15.9 Å². The molecule has 0 saturated heterocycles. The van der Waals surface area contributed by atoms with E-state index in [1.165, 1.54) is 12.1 Å². The molecular weight excluding hydrogens is 307 g/mol. The summed E-state index contributed by atoms with van der Waals surface area (Å²) in [7, 11) is 0. The Bertz CT molecular complexity index is 736. The molecule has 122 valence electrons. The number of H-pyrrole nitrogens is 1. The van der Waals surface area contributed by atoms with Gasteiger partial charge in [-0.3, -0.25) is 4.79 Å². The zero-order valence-corrected chi connectivity index (χ0v) is 12.5. The molecule has 2 aromatic rings. The first-order valence-corrected chi connectivity index (χ1v) is 7.35. The molecule has 2 N–H and O–H groups in total. The van der Waals surface area contributed by atoms with E-state index in [1.54, 1.807) is 0 Å². The third-order valence-electron chi connectivity index (χ3n) is 3.99. The summed E-state index contributed by atoms with van der Waals surface area (Å²) < 4.78 is 38.1. The number of rotatable bonds is 2. The average molecular weight is 323 g/mol. The zero-order valence-electron chi connectivity index (χ0n) is 12.5. The Balaban J connectivity index is 1.71. The normalized spacial score (nSPS) is 17.7. The van der Waals surface area contributed by atoms with Crippen LogP contribution in [0, 0.1) is 12.8 Å². The number of hydrogen-bond acceptors (Lipinski definition) is 2. The molecule has 1 aromatic heterocycles. The minimum absolute atomic E-state index is 0.163. The van der Waals surface area contributed by atoms with Gasteiger partial charge in [0.15, 0.2) is 0 Å². The molecule has 1 atom stereocenters. The lowest BCUT2D eigenvalue weighted by molar-refractivity contribution is -0.137. The largest absolute Gasteiger partial charge is 0.416 e. The number of aromatic amines is 1. The maximum Gasteiger partial charge on any atom is 0.416 e. The number of carbonyl (C=O) groups is 1. The lowest BCUT2D eigenvalue weighted by Crippen LogP contribution is -2.28. The fourth-order valence-electron chi connectivity index (χ4n) is 2.86. The van der Waals surface area contributed by atoms with Crippen molar-refractivity contribution >= 4 is 11.6 Å². The highest BCUT2D eigenvalue weighted by Gasteiger charge is 2.31. The Morgan fingerprint density at radius 1 is 1.39 bits per heavy atom. The van der Waals surface area contributed by atoms with Crippen LogP contribution in [0.5, 0.6) is 0 Å². The van der Waals surface area contributed by atoms with Crippen molar-refractivity contribution in [3.8, 4) is 0 Å². The van der Waals surface area contributed by atoms with Crippen LogP contribution in [0.3, 0.4) is 0 Å². The highest BCUT2D eigenvalue weighted by atomic mass is 19.4. The third kappa shape index (κ3) is 3.38. The van der Waals surface area contributed by atoms with Gasteiger partial charge in [-0.15, -0.1) is 0 Å². The number of nitrogens with one attached hydrogen (secondary N) is 2. The summed E-state index contributed by atoms with van der Waals surface area (Å²) in [6, 6.07) is 4.68. The van der Waals surface area contributed by atoms with Gasteiger partial charge in [-0.25, -0.2) is 4.98 Å². The monoisotopic (exact) mass is 323 g/mol. The van der Waals surface area contributed by atoms with E-state index in [0.717, 1.165) is 29.3 Å². The molecular formula is C16H16F3N3O. The fraction of sp³-hybridized carbons (Fsp3) is 0.375. The molecule has 1 heterocycles. The van der Waals surface area contributed by atoms with E-state index in [4.69, 9.17) is 0 Å². The third-order valence-corrected chi connectivity index (χ3v) is 3.99. The van der Waals surface area contributed by atoms with Crippen LogP contribution >= 0.6 is 0 Å². The summed E-state index contributed by atoms with van der Waals surface area (Å²) in [6.45, 7) is 1.86. The van der Waals surface area contributed by atoms with Gasteiger partial charge in [-0.2, -0.15) is 13.2 Å². The number of aromatic nitrogens is 2. The second kappa shape index (κ2) is 5.72. The number of hydrogen-bond donors (Lipinski definition) is 2. The molecule has 1 aliphatic carbocycles. The first-order valence-electron chi connectivity index (χ1n) is 7.35. The highest BCUT2D eigenvalue weighted by Crippen LogP contribution is 2.31. The van der Waals surface area contributed by atoms with E-state index in [1.807, 2.05) is 6.92 Å². The maximum atomic E-state index is 12.7. The smallest absolute Gasteiger partial charge is 0.346 e. The van der Waals surface area contributed by atoms with Crippen molar-refractivity contribution in [3.05, 3.63) is 47.0 Å². The van der Waals surface area contributed by atoms with Gasteiger partial charge in [0.05, 0.1) is 11.3 Å². The van der Waals surface area contributed by atoms with E-state index in [0.29, 0.717) is 19.3 Å². The zero-order chi connectivity index (χ0) is 16.6. The van der Waals surface area contributed by atoms with Crippen molar-refractivity contribution in [2.75, 3.05) is 5.32 Å². The van der Waals surface area contributed by atoms with Crippen molar-refractivity contribution in [1.29, 1.82) is 0 Å². The Morgan fingerprint density at radius 2 is 2.17 bits per heavy atom. The number of aryl methyl sites for hydroxylation is 2. The molecule has 0 aliphatic heterocycles. The quantitative estimate of drug-likeness (QED) is 0.889. The second-order valence-corrected chi connectivity index (χ2v) is 5.75. The number of amides is 1. The Kier molecular flexibility index (Phi) is 3.87. The lowest BCUT2D eigenvalue weighted by atomic mass is 9.89. The van der Waals surface area contributed by atoms with E-state index >= 15 is 0 Å². The average Bonchev–Trinajstić information content (AvgIpc) is 2.85. The number of anilines is 1. The Morgan fingerprint density at radius 3 is 2.91 bits per heavy atom. The standard InChI is InChI=1S/C16H16F3N3O/c1-9-20-13-6-5-10(7-14(13)21-9)15(23)22-12-4-2-3-11(8-12)16(17,18)19/h2-4,8,10H,5-7H2,1H3,(H,20,21)(H,22,23). The number of nitrogens with zero attached hydrogens (tertiary/aromatic N) is 1. The molecule has 0 fully saturated rings. The number of imidazole rings is 1. The SMILES string of the molecule is Cc1nc2c([nH]1)CC(C(=O)Nc1cccc(C(F)(F)F)c1)CC2. The summed E-state index contributed by atoms with van der Waals surface area (Å²) in [6.07, 6.45) is -2.56. The first kappa shape index (κ1) is 15.6. The van der Waals surface area contributed by atoms with E-state index in [-0.39, 0.29) is 17.5 Å². The number of benzene rings is 1. The van der Waals surface area contributed by atoms with Gasteiger partial charge in [-0.1, -0.05) is 6.07 Å². The summed E-state index contributed by atoms with van der Waals surface area (Å²) in [4.78, 5) is 19.8. The lowest BCUT2D eigenvalue weighted by Gasteiger charge is -2.21. The van der Waals surface area contributed by atoms with Gasteiger partial charge >= 0.3 is 6.18 Å². The van der Waals surface area contributed by atoms with E-state index in [2.05, 4.69) is 15.3 Å². The van der Waals surface area contributed by atoms with Crippen molar-refractivity contribution < 1.29 is 18.0 Å². The van der Waals surface area contributed by atoms with Crippen molar-refractivity contribution in [2.45, 2.75) is 32.4 Å². The minimum Gasteiger partial charge on any atom is -0.346 e. The molecule has 0 spiro atoms. The predicted molar refractivity (Wildman–Crippen MR) is 78.9 cm³/mol. The Labute approximate surface area is 131 Å². The Hall–Kier alpha value is -2.31. The van der Waals surface area contributed by atoms with Crippen LogP contribution in [0.2, 0.25) is 0 Å². The molecule has 1 aliphatic rings. The molecule has 0 saturated carbocycles. The molecule has 1 aromatic carbocycles. The molecule has 7 heteroatoms. The van der Waals surface area contributed by atoms with Crippen molar-refractivity contribution in [3.63, 3.8) is 0 Å². The topological polar surface area (TPSA) is 57.8 Å². The highest BCUT2D eigenvalue weighted by molar-refractivity contribution is 5.92. The molecule has 4 nitrogen and oxygen atoms in total. The summed E-state index contributed by atoms with van der Waals surface area (Å²) in [5.41, 5.74) is 1.31. The summed E-state index contributed by atoms with van der Waals surface area (Å²) in [5, 5.41) is 2.59. The number of alkyl halides is 3. The predicted octanol–water partition coefficient (Wildman–Crippen LogP) is 3.48. The molecule has 0 bridgehead atoms. The van der Waals surface area contributed by atoms with Gasteiger partial charge in [0.25, 0.3) is 0 Å². The van der Waals surface area contributed by atoms with Crippen LogP contribution in [-0.2, 0) is 23.8 Å². The number of carbonyl (C=O) groups excluding carboxylic acids is 1. The summed E-state index contributed by atoms with van der Waals surface area (Å²) in [5.74, 6) is 0.285. The van der Waals surface area contributed by atoms with Gasteiger partial charge in [0.2, 0.25) is 5.91 Å². The van der Waals surface area contributed by atoms with Crippen LogP contribution in [0.25, 0.3) is 0 Å². The molecule has 3 rings (SSSR count). The van der Waals surface area contributed by atoms with Crippen molar-refractivity contribution in [2.24, 2.45) is 5.92 Å². The minimum atomic E-state index is -4.42. The van der Waals surface area contributed by atoms with Crippen LogP contribution in [0.1, 0.15) is 29.2 Å². The van der Waals surface area contributed by atoms with Crippen LogP contribution in [0.4, 0.5) is 18.9 Å². The number of fused-ring (bicyclic) bond motifs is 1. The molecule has 23 heavy (non-hydrogen) atoms. The first-order chi connectivity index (χ1) is 10.8. The maximum absolute atomic E-state index is 12.7. The number of halogens is 3. The fourth-order valence-corrected chi connectivity index (χ4v) is 2.86. The van der Waals surface area contributed by atoms with Crippen LogP contribution < -0.4 is 5.32 Å². The van der Waals surface area contributed by atoms with E-state index < -0.39 is 11.7 Å².